The molecule has 0 aromatic carbocycles. The van der Waals surface area contributed by atoms with E-state index in [1.807, 2.05) is 7.05 Å². The van der Waals surface area contributed by atoms with Crippen LogP contribution in [0, 0.1) is 5.41 Å². The van der Waals surface area contributed by atoms with Crippen LogP contribution in [0.2, 0.25) is 0 Å². The molecule has 1 aliphatic heterocycles. The van der Waals surface area contributed by atoms with Crippen LogP contribution in [-0.2, 0) is 9.47 Å². The molecular weight excluding hydrogens is 459 g/mol. The van der Waals surface area contributed by atoms with Crippen LogP contribution in [0.4, 0.5) is 4.79 Å². The van der Waals surface area contributed by atoms with Gasteiger partial charge in [0.2, 0.25) is 0 Å². The number of ether oxygens (including phenoxy) is 2. The maximum absolute atomic E-state index is 11.6. The van der Waals surface area contributed by atoms with E-state index in [4.69, 9.17) is 9.47 Å². The first kappa shape index (κ1) is 22.5. The Labute approximate surface area is 180 Å². The smallest absolute Gasteiger partial charge is 0.409 e. The highest BCUT2D eigenvalue weighted by atomic mass is 127. The third-order valence-electron chi connectivity index (χ3n) is 6.49. The number of rotatable bonds is 4. The summed E-state index contributed by atoms with van der Waals surface area (Å²) in [6, 6.07) is 0.785. The van der Waals surface area contributed by atoms with E-state index in [1.54, 1.807) is 4.90 Å². The number of carbonyl (C=O) groups excluding carboxylic acids is 1. The van der Waals surface area contributed by atoms with Crippen molar-refractivity contribution in [3.05, 3.63) is 0 Å². The lowest BCUT2D eigenvalue weighted by Crippen LogP contribution is -2.65. The quantitative estimate of drug-likeness (QED) is 0.357. The van der Waals surface area contributed by atoms with Crippen molar-refractivity contribution in [1.82, 2.24) is 15.5 Å². The maximum Gasteiger partial charge on any atom is 0.409 e. The highest BCUT2D eigenvalue weighted by Crippen LogP contribution is 2.54. The number of halogens is 1. The minimum Gasteiger partial charge on any atom is -0.453 e. The van der Waals surface area contributed by atoms with E-state index >= 15 is 0 Å². The molecule has 3 aliphatic rings. The van der Waals surface area contributed by atoms with Crippen LogP contribution in [0.15, 0.2) is 4.99 Å². The molecule has 7 nitrogen and oxygen atoms in total. The summed E-state index contributed by atoms with van der Waals surface area (Å²) < 4.78 is 10.8. The lowest BCUT2D eigenvalue weighted by atomic mass is 9.60. The highest BCUT2D eigenvalue weighted by Gasteiger charge is 2.57. The standard InChI is InChI=1S/C19H34N4O3.HI/c1-4-26-16-13-15(19(16)9-5-6-10-19)22-17(20-2)21-14-7-11-23(12-8-14)18(24)25-3;/h14-16H,4-13H2,1-3H3,(H2,20,21,22);1H. The number of methoxy groups -OCH3 is 1. The maximum atomic E-state index is 11.6. The molecular formula is C19H35IN4O3. The number of amides is 1. The molecule has 0 aromatic heterocycles. The summed E-state index contributed by atoms with van der Waals surface area (Å²) in [5, 5.41) is 7.23. The summed E-state index contributed by atoms with van der Waals surface area (Å²) in [5.41, 5.74) is 0.294. The second-order valence-corrected chi connectivity index (χ2v) is 7.76. The molecule has 1 spiro atoms. The third-order valence-corrected chi connectivity index (χ3v) is 6.49. The Morgan fingerprint density at radius 2 is 1.89 bits per heavy atom. The van der Waals surface area contributed by atoms with Gasteiger partial charge in [-0.25, -0.2) is 4.79 Å². The summed E-state index contributed by atoms with van der Waals surface area (Å²) in [6.45, 7) is 4.33. The van der Waals surface area contributed by atoms with Crippen LogP contribution < -0.4 is 10.6 Å². The summed E-state index contributed by atoms with van der Waals surface area (Å²) in [6.07, 6.45) is 8.17. The molecule has 0 bridgehead atoms. The monoisotopic (exact) mass is 494 g/mol. The van der Waals surface area contributed by atoms with E-state index < -0.39 is 0 Å². The predicted octanol–water partition coefficient (Wildman–Crippen LogP) is 2.74. The van der Waals surface area contributed by atoms with Gasteiger partial charge in [-0.05, 0) is 39.0 Å². The van der Waals surface area contributed by atoms with Gasteiger partial charge in [0.25, 0.3) is 0 Å². The molecule has 3 fully saturated rings. The van der Waals surface area contributed by atoms with E-state index in [9.17, 15) is 4.79 Å². The SMILES string of the molecule is CCOC1CC(NC(=NC)NC2CCN(C(=O)OC)CC2)C12CCCC2.I. The fourth-order valence-corrected chi connectivity index (χ4v) is 4.95. The molecule has 2 unspecified atom stereocenters. The second kappa shape index (κ2) is 10.1. The van der Waals surface area contributed by atoms with Crippen molar-refractivity contribution in [2.24, 2.45) is 10.4 Å². The zero-order chi connectivity index (χ0) is 18.6. The molecule has 0 aromatic rings. The highest BCUT2D eigenvalue weighted by molar-refractivity contribution is 14.0. The normalized spacial score (nSPS) is 27.7. The van der Waals surface area contributed by atoms with Gasteiger partial charge < -0.3 is 25.0 Å². The fraction of sp³-hybridized carbons (Fsp3) is 0.895. The molecule has 2 atom stereocenters. The largest absolute Gasteiger partial charge is 0.453 e. The molecule has 0 radical (unpaired) electrons. The molecule has 1 amide bonds. The van der Waals surface area contributed by atoms with Crippen LogP contribution in [-0.4, -0.2) is 69.0 Å². The van der Waals surface area contributed by atoms with Gasteiger partial charge in [-0.2, -0.15) is 0 Å². The molecule has 1 saturated heterocycles. The van der Waals surface area contributed by atoms with Crippen LogP contribution in [0.1, 0.15) is 51.9 Å². The third kappa shape index (κ3) is 4.81. The molecule has 2 saturated carbocycles. The summed E-state index contributed by atoms with van der Waals surface area (Å²) >= 11 is 0. The zero-order valence-corrected chi connectivity index (χ0v) is 19.2. The Kier molecular flexibility index (Phi) is 8.45. The number of hydrogen-bond acceptors (Lipinski definition) is 4. The Hall–Kier alpha value is -0.770. The van der Waals surface area contributed by atoms with E-state index in [-0.39, 0.29) is 30.1 Å². The number of carbonyl (C=O) groups is 1. The number of piperidine rings is 1. The van der Waals surface area contributed by atoms with Gasteiger partial charge in [0.1, 0.15) is 0 Å². The van der Waals surface area contributed by atoms with Crippen LogP contribution in [0.5, 0.6) is 0 Å². The van der Waals surface area contributed by atoms with Crippen molar-refractivity contribution in [2.75, 3.05) is 33.9 Å². The minimum atomic E-state index is -0.231. The summed E-state index contributed by atoms with van der Waals surface area (Å²) in [4.78, 5) is 17.8. The lowest BCUT2D eigenvalue weighted by Gasteiger charge is -2.54. The van der Waals surface area contributed by atoms with Crippen molar-refractivity contribution < 1.29 is 14.3 Å². The number of hydrogen-bond donors (Lipinski definition) is 2. The number of likely N-dealkylation sites (tertiary alicyclic amines) is 1. The van der Waals surface area contributed by atoms with E-state index in [0.717, 1.165) is 44.9 Å². The van der Waals surface area contributed by atoms with Crippen LogP contribution >= 0.6 is 24.0 Å². The first-order valence-corrected chi connectivity index (χ1v) is 10.1. The van der Waals surface area contributed by atoms with Crippen LogP contribution in [0.3, 0.4) is 0 Å². The first-order chi connectivity index (χ1) is 12.6. The topological polar surface area (TPSA) is 75.2 Å². The van der Waals surface area contributed by atoms with Crippen molar-refractivity contribution in [2.45, 2.75) is 70.1 Å². The van der Waals surface area contributed by atoms with Crippen molar-refractivity contribution >= 4 is 36.0 Å². The van der Waals surface area contributed by atoms with Gasteiger partial charge in [0, 0.05) is 44.2 Å². The number of guanidine groups is 1. The second-order valence-electron chi connectivity index (χ2n) is 7.76. The van der Waals surface area contributed by atoms with Gasteiger partial charge in [0.05, 0.1) is 13.2 Å². The number of aliphatic imine (C=N–C) groups is 1. The lowest BCUT2D eigenvalue weighted by molar-refractivity contribution is -0.125. The van der Waals surface area contributed by atoms with E-state index in [0.29, 0.717) is 23.6 Å². The molecule has 27 heavy (non-hydrogen) atoms. The van der Waals surface area contributed by atoms with E-state index in [1.165, 1.54) is 32.8 Å². The van der Waals surface area contributed by atoms with Gasteiger partial charge in [-0.3, -0.25) is 4.99 Å². The van der Waals surface area contributed by atoms with Crippen LogP contribution in [0.25, 0.3) is 0 Å². The molecule has 8 heteroatoms. The number of nitrogens with one attached hydrogen (secondary N) is 2. The molecule has 1 heterocycles. The zero-order valence-electron chi connectivity index (χ0n) is 16.8. The molecule has 2 N–H and O–H groups in total. The van der Waals surface area contributed by atoms with Crippen molar-refractivity contribution in [3.8, 4) is 0 Å². The van der Waals surface area contributed by atoms with Crippen molar-refractivity contribution in [1.29, 1.82) is 0 Å². The number of nitrogens with zero attached hydrogens (tertiary/aromatic N) is 2. The van der Waals surface area contributed by atoms with Gasteiger partial charge >= 0.3 is 6.09 Å². The molecule has 3 rings (SSSR count). The van der Waals surface area contributed by atoms with Gasteiger partial charge in [0.15, 0.2) is 5.96 Å². The fourth-order valence-electron chi connectivity index (χ4n) is 4.95. The Morgan fingerprint density at radius 1 is 1.22 bits per heavy atom. The van der Waals surface area contributed by atoms with Gasteiger partial charge in [-0.15, -0.1) is 24.0 Å². The Balaban J connectivity index is 0.00000261. The summed E-state index contributed by atoms with van der Waals surface area (Å²) in [5.74, 6) is 0.882. The van der Waals surface area contributed by atoms with Gasteiger partial charge in [-0.1, -0.05) is 12.8 Å². The molecule has 156 valence electrons. The predicted molar refractivity (Wildman–Crippen MR) is 117 cm³/mol. The van der Waals surface area contributed by atoms with E-state index in [2.05, 4.69) is 22.5 Å². The minimum absolute atomic E-state index is 0. The average Bonchev–Trinajstić information content (AvgIpc) is 3.19. The van der Waals surface area contributed by atoms with Crippen molar-refractivity contribution in [3.63, 3.8) is 0 Å². The first-order valence-electron chi connectivity index (χ1n) is 10.1. The molecule has 2 aliphatic carbocycles. The average molecular weight is 494 g/mol. The Morgan fingerprint density at radius 3 is 2.44 bits per heavy atom. The Bertz CT molecular complexity index is 517. The summed E-state index contributed by atoms with van der Waals surface area (Å²) in [7, 11) is 3.27.